The monoisotopic (exact) mass is 181 g/mol. The molecule has 0 radical (unpaired) electrons. The molecule has 13 heavy (non-hydrogen) atoms. The molecule has 0 spiro atoms. The molecule has 74 valence electrons. The van der Waals surface area contributed by atoms with Crippen molar-refractivity contribution in [1.29, 1.82) is 0 Å². The van der Waals surface area contributed by atoms with E-state index in [2.05, 4.69) is 26.1 Å². The summed E-state index contributed by atoms with van der Waals surface area (Å²) in [6, 6.07) is 2.48. The Morgan fingerprint density at radius 2 is 2.23 bits per heavy atom. The summed E-state index contributed by atoms with van der Waals surface area (Å²) in [5, 5.41) is 3.48. The standard InChI is InChI=1S/C11H19NO/c1-4-9(3)11(12-5-2)10-6-7-13-8-10/h6-9,11-12H,4-5H2,1-3H3. The Hall–Kier alpha value is -0.760. The van der Waals surface area contributed by atoms with Crippen molar-refractivity contribution < 1.29 is 4.42 Å². The average Bonchev–Trinajstić information content (AvgIpc) is 2.65. The van der Waals surface area contributed by atoms with Crippen LogP contribution in [0.3, 0.4) is 0 Å². The zero-order valence-electron chi connectivity index (χ0n) is 8.71. The van der Waals surface area contributed by atoms with Gasteiger partial charge in [0, 0.05) is 11.6 Å². The first kappa shape index (κ1) is 10.3. The van der Waals surface area contributed by atoms with Gasteiger partial charge in [-0.25, -0.2) is 0 Å². The van der Waals surface area contributed by atoms with E-state index in [-0.39, 0.29) is 0 Å². The van der Waals surface area contributed by atoms with Crippen LogP contribution in [0.5, 0.6) is 0 Å². The van der Waals surface area contributed by atoms with Crippen LogP contribution < -0.4 is 5.32 Å². The van der Waals surface area contributed by atoms with Crippen molar-refractivity contribution >= 4 is 0 Å². The van der Waals surface area contributed by atoms with E-state index in [1.165, 1.54) is 12.0 Å². The molecule has 1 rings (SSSR count). The van der Waals surface area contributed by atoms with Crippen LogP contribution in [0.25, 0.3) is 0 Å². The van der Waals surface area contributed by atoms with E-state index in [0.29, 0.717) is 12.0 Å². The van der Waals surface area contributed by atoms with Crippen LogP contribution in [-0.4, -0.2) is 6.54 Å². The van der Waals surface area contributed by atoms with E-state index in [9.17, 15) is 0 Å². The number of furan rings is 1. The molecule has 0 aliphatic carbocycles. The maximum atomic E-state index is 5.10. The van der Waals surface area contributed by atoms with Crippen molar-refractivity contribution in [2.75, 3.05) is 6.54 Å². The van der Waals surface area contributed by atoms with Crippen molar-refractivity contribution in [3.8, 4) is 0 Å². The highest BCUT2D eigenvalue weighted by Crippen LogP contribution is 2.24. The number of hydrogen-bond acceptors (Lipinski definition) is 2. The van der Waals surface area contributed by atoms with Crippen LogP contribution >= 0.6 is 0 Å². The third-order valence-electron chi connectivity index (χ3n) is 2.54. The maximum Gasteiger partial charge on any atom is 0.0950 e. The fraction of sp³-hybridized carbons (Fsp3) is 0.636. The molecule has 0 saturated carbocycles. The molecule has 0 aromatic carbocycles. The van der Waals surface area contributed by atoms with Crippen LogP contribution in [0.15, 0.2) is 23.0 Å². The predicted octanol–water partition coefficient (Wildman–Crippen LogP) is 2.98. The molecule has 0 fully saturated rings. The highest BCUT2D eigenvalue weighted by atomic mass is 16.3. The summed E-state index contributed by atoms with van der Waals surface area (Å²) in [4.78, 5) is 0. The van der Waals surface area contributed by atoms with Crippen LogP contribution in [0, 0.1) is 5.92 Å². The van der Waals surface area contributed by atoms with Crippen LogP contribution in [0.4, 0.5) is 0 Å². The Kier molecular flexibility index (Phi) is 4.03. The molecule has 0 amide bonds. The van der Waals surface area contributed by atoms with E-state index in [1.807, 2.05) is 12.3 Å². The Balaban J connectivity index is 2.68. The van der Waals surface area contributed by atoms with Crippen molar-refractivity contribution in [3.05, 3.63) is 24.2 Å². The number of rotatable bonds is 5. The van der Waals surface area contributed by atoms with Gasteiger partial charge in [-0.2, -0.15) is 0 Å². The summed E-state index contributed by atoms with van der Waals surface area (Å²) in [6.45, 7) is 7.62. The zero-order chi connectivity index (χ0) is 9.68. The van der Waals surface area contributed by atoms with E-state index in [1.54, 1.807) is 6.26 Å². The summed E-state index contributed by atoms with van der Waals surface area (Å²) >= 11 is 0. The molecular weight excluding hydrogens is 162 g/mol. The Labute approximate surface area is 80.3 Å². The summed E-state index contributed by atoms with van der Waals surface area (Å²) in [5.41, 5.74) is 1.26. The normalized spacial score (nSPS) is 15.6. The number of hydrogen-bond donors (Lipinski definition) is 1. The van der Waals surface area contributed by atoms with Crippen molar-refractivity contribution in [1.82, 2.24) is 5.32 Å². The molecule has 1 heterocycles. The molecule has 0 saturated heterocycles. The fourth-order valence-corrected chi connectivity index (χ4v) is 1.56. The molecule has 2 heteroatoms. The Morgan fingerprint density at radius 1 is 1.46 bits per heavy atom. The van der Waals surface area contributed by atoms with Gasteiger partial charge in [0.25, 0.3) is 0 Å². The molecule has 2 unspecified atom stereocenters. The molecular formula is C11H19NO. The van der Waals surface area contributed by atoms with Gasteiger partial charge in [0.2, 0.25) is 0 Å². The van der Waals surface area contributed by atoms with Crippen molar-refractivity contribution in [2.24, 2.45) is 5.92 Å². The lowest BCUT2D eigenvalue weighted by Crippen LogP contribution is -2.26. The summed E-state index contributed by atoms with van der Waals surface area (Å²) < 4.78 is 5.10. The van der Waals surface area contributed by atoms with Crippen LogP contribution in [0.1, 0.15) is 38.8 Å². The first-order valence-corrected chi connectivity index (χ1v) is 5.05. The van der Waals surface area contributed by atoms with E-state index < -0.39 is 0 Å². The maximum absolute atomic E-state index is 5.10. The minimum Gasteiger partial charge on any atom is -0.472 e. The second kappa shape index (κ2) is 5.07. The zero-order valence-corrected chi connectivity index (χ0v) is 8.71. The molecule has 0 bridgehead atoms. The molecule has 2 atom stereocenters. The van der Waals surface area contributed by atoms with E-state index in [0.717, 1.165) is 6.54 Å². The summed E-state index contributed by atoms with van der Waals surface area (Å²) in [6.07, 6.45) is 4.75. The van der Waals surface area contributed by atoms with Gasteiger partial charge >= 0.3 is 0 Å². The van der Waals surface area contributed by atoms with Gasteiger partial charge < -0.3 is 9.73 Å². The van der Waals surface area contributed by atoms with Gasteiger partial charge in [-0.05, 0) is 18.5 Å². The SMILES string of the molecule is CCNC(c1ccoc1)C(C)CC. The van der Waals surface area contributed by atoms with Gasteiger partial charge in [0.05, 0.1) is 12.5 Å². The lowest BCUT2D eigenvalue weighted by Gasteiger charge is -2.22. The molecule has 1 aromatic heterocycles. The van der Waals surface area contributed by atoms with Gasteiger partial charge in [-0.1, -0.05) is 27.2 Å². The summed E-state index contributed by atoms with van der Waals surface area (Å²) in [5.74, 6) is 0.651. The molecule has 0 aliphatic heterocycles. The first-order valence-electron chi connectivity index (χ1n) is 5.05. The average molecular weight is 181 g/mol. The Bertz CT molecular complexity index is 218. The number of nitrogens with one attached hydrogen (secondary N) is 1. The second-order valence-corrected chi connectivity index (χ2v) is 3.48. The van der Waals surface area contributed by atoms with E-state index in [4.69, 9.17) is 4.42 Å². The third kappa shape index (κ3) is 2.59. The lowest BCUT2D eigenvalue weighted by molar-refractivity contribution is 0.380. The van der Waals surface area contributed by atoms with Gasteiger partial charge in [0.1, 0.15) is 0 Å². The lowest BCUT2D eigenvalue weighted by atomic mass is 9.94. The van der Waals surface area contributed by atoms with Crippen molar-refractivity contribution in [3.63, 3.8) is 0 Å². The topological polar surface area (TPSA) is 25.2 Å². The Morgan fingerprint density at radius 3 is 2.69 bits per heavy atom. The van der Waals surface area contributed by atoms with Gasteiger partial charge in [-0.15, -0.1) is 0 Å². The largest absolute Gasteiger partial charge is 0.472 e. The van der Waals surface area contributed by atoms with E-state index >= 15 is 0 Å². The quantitative estimate of drug-likeness (QED) is 0.755. The molecule has 2 nitrogen and oxygen atoms in total. The predicted molar refractivity (Wildman–Crippen MR) is 54.6 cm³/mol. The molecule has 0 aliphatic rings. The fourth-order valence-electron chi connectivity index (χ4n) is 1.56. The summed E-state index contributed by atoms with van der Waals surface area (Å²) in [7, 11) is 0. The minimum absolute atomic E-state index is 0.439. The molecule has 1 N–H and O–H groups in total. The first-order chi connectivity index (χ1) is 6.29. The second-order valence-electron chi connectivity index (χ2n) is 3.48. The van der Waals surface area contributed by atoms with Crippen molar-refractivity contribution in [2.45, 2.75) is 33.2 Å². The molecule has 1 aromatic rings. The van der Waals surface area contributed by atoms with Gasteiger partial charge in [-0.3, -0.25) is 0 Å². The third-order valence-corrected chi connectivity index (χ3v) is 2.54. The van der Waals surface area contributed by atoms with Crippen LogP contribution in [-0.2, 0) is 0 Å². The van der Waals surface area contributed by atoms with Gasteiger partial charge in [0.15, 0.2) is 0 Å². The highest BCUT2D eigenvalue weighted by Gasteiger charge is 2.17. The highest BCUT2D eigenvalue weighted by molar-refractivity contribution is 5.12. The van der Waals surface area contributed by atoms with Crippen LogP contribution in [0.2, 0.25) is 0 Å². The minimum atomic E-state index is 0.439. The smallest absolute Gasteiger partial charge is 0.0950 e.